The Morgan fingerprint density at radius 3 is 2.50 bits per heavy atom. The zero-order valence-corrected chi connectivity index (χ0v) is 11.7. The van der Waals surface area contributed by atoms with Crippen LogP contribution in [0.4, 0.5) is 0 Å². The van der Waals surface area contributed by atoms with Crippen molar-refractivity contribution in [2.75, 3.05) is 6.61 Å². The Morgan fingerprint density at radius 2 is 1.80 bits per heavy atom. The third-order valence-electron chi connectivity index (χ3n) is 2.77. The number of hydrogen-bond acceptors (Lipinski definition) is 3. The highest BCUT2D eigenvalue weighted by molar-refractivity contribution is 6.30. The van der Waals surface area contributed by atoms with Crippen LogP contribution in [0, 0.1) is 11.3 Å². The van der Waals surface area contributed by atoms with E-state index in [9.17, 15) is 0 Å². The molecule has 2 aromatic carbocycles. The second-order valence-corrected chi connectivity index (χ2v) is 4.76. The van der Waals surface area contributed by atoms with Crippen molar-refractivity contribution >= 4 is 11.6 Å². The Bertz CT molecular complexity index is 590. The van der Waals surface area contributed by atoms with Crippen LogP contribution < -0.4 is 10.1 Å². The van der Waals surface area contributed by atoms with Gasteiger partial charge in [0.05, 0.1) is 0 Å². The standard InChI is InChI=1S/C16H15ClN2O/c17-15-3-1-2-14(10-15)12-19-11-13-4-6-16(7-5-13)20-9-8-18/h1-7,10,19H,9,11-12H2. The van der Waals surface area contributed by atoms with Gasteiger partial charge in [-0.1, -0.05) is 35.9 Å². The number of benzene rings is 2. The van der Waals surface area contributed by atoms with E-state index in [1.165, 1.54) is 0 Å². The summed E-state index contributed by atoms with van der Waals surface area (Å²) in [5, 5.41) is 12.5. The van der Waals surface area contributed by atoms with Gasteiger partial charge in [0.25, 0.3) is 0 Å². The SMILES string of the molecule is N#CCOc1ccc(CNCc2cccc(Cl)c2)cc1. The van der Waals surface area contributed by atoms with Crippen LogP contribution in [0.1, 0.15) is 11.1 Å². The zero-order valence-electron chi connectivity index (χ0n) is 11.0. The van der Waals surface area contributed by atoms with Gasteiger partial charge in [0.1, 0.15) is 11.8 Å². The predicted molar refractivity (Wildman–Crippen MR) is 79.5 cm³/mol. The third kappa shape index (κ3) is 4.58. The van der Waals surface area contributed by atoms with E-state index in [4.69, 9.17) is 21.6 Å². The topological polar surface area (TPSA) is 45.0 Å². The minimum Gasteiger partial charge on any atom is -0.479 e. The van der Waals surface area contributed by atoms with Gasteiger partial charge in [0, 0.05) is 18.1 Å². The van der Waals surface area contributed by atoms with Gasteiger partial charge in [-0.15, -0.1) is 0 Å². The molecule has 3 nitrogen and oxygen atoms in total. The largest absolute Gasteiger partial charge is 0.479 e. The lowest BCUT2D eigenvalue weighted by atomic mass is 10.2. The van der Waals surface area contributed by atoms with Crippen molar-refractivity contribution in [1.82, 2.24) is 5.32 Å². The van der Waals surface area contributed by atoms with Crippen LogP contribution in [0.15, 0.2) is 48.5 Å². The average Bonchev–Trinajstić information content (AvgIpc) is 2.46. The average molecular weight is 287 g/mol. The fourth-order valence-electron chi connectivity index (χ4n) is 1.82. The van der Waals surface area contributed by atoms with Gasteiger partial charge in [0.15, 0.2) is 6.61 Å². The van der Waals surface area contributed by atoms with Gasteiger partial charge < -0.3 is 10.1 Å². The van der Waals surface area contributed by atoms with Gasteiger partial charge in [0.2, 0.25) is 0 Å². The fraction of sp³-hybridized carbons (Fsp3) is 0.188. The van der Waals surface area contributed by atoms with E-state index in [-0.39, 0.29) is 6.61 Å². The molecule has 0 saturated heterocycles. The maximum atomic E-state index is 8.43. The summed E-state index contributed by atoms with van der Waals surface area (Å²) in [6, 6.07) is 17.4. The summed E-state index contributed by atoms with van der Waals surface area (Å²) in [6.07, 6.45) is 0. The molecule has 0 aliphatic carbocycles. The molecule has 0 bridgehead atoms. The van der Waals surface area contributed by atoms with E-state index in [1.54, 1.807) is 0 Å². The van der Waals surface area contributed by atoms with Crippen molar-refractivity contribution in [3.05, 3.63) is 64.7 Å². The molecule has 1 N–H and O–H groups in total. The van der Waals surface area contributed by atoms with Crippen molar-refractivity contribution in [1.29, 1.82) is 5.26 Å². The summed E-state index contributed by atoms with van der Waals surface area (Å²) >= 11 is 5.94. The van der Waals surface area contributed by atoms with E-state index in [0.717, 1.165) is 29.2 Å². The number of hydrogen-bond donors (Lipinski definition) is 1. The van der Waals surface area contributed by atoms with Crippen LogP contribution in [0.3, 0.4) is 0 Å². The number of halogens is 1. The van der Waals surface area contributed by atoms with Crippen molar-refractivity contribution in [2.45, 2.75) is 13.1 Å². The molecule has 0 aliphatic heterocycles. The van der Waals surface area contributed by atoms with Crippen molar-refractivity contribution < 1.29 is 4.74 Å². The molecule has 0 atom stereocenters. The first-order chi connectivity index (χ1) is 9.78. The lowest BCUT2D eigenvalue weighted by molar-refractivity contribution is 0.368. The zero-order chi connectivity index (χ0) is 14.2. The first kappa shape index (κ1) is 14.4. The molecule has 2 rings (SSSR count). The number of ether oxygens (including phenoxy) is 1. The molecule has 0 aliphatic rings. The molecule has 102 valence electrons. The van der Waals surface area contributed by atoms with Gasteiger partial charge in [-0.25, -0.2) is 0 Å². The Hall–Kier alpha value is -2.02. The van der Waals surface area contributed by atoms with Gasteiger partial charge >= 0.3 is 0 Å². The summed E-state index contributed by atoms with van der Waals surface area (Å²) in [5.74, 6) is 0.713. The quantitative estimate of drug-likeness (QED) is 0.883. The molecule has 0 spiro atoms. The van der Waals surface area contributed by atoms with E-state index in [1.807, 2.05) is 54.6 Å². The molecule has 0 fully saturated rings. The first-order valence-electron chi connectivity index (χ1n) is 6.32. The summed E-state index contributed by atoms with van der Waals surface area (Å²) in [4.78, 5) is 0. The molecule has 0 unspecified atom stereocenters. The highest BCUT2D eigenvalue weighted by atomic mass is 35.5. The third-order valence-corrected chi connectivity index (χ3v) is 3.01. The van der Waals surface area contributed by atoms with E-state index in [0.29, 0.717) is 5.75 Å². The van der Waals surface area contributed by atoms with Crippen LogP contribution in [-0.4, -0.2) is 6.61 Å². The normalized spacial score (nSPS) is 10.0. The molecular weight excluding hydrogens is 272 g/mol. The molecule has 20 heavy (non-hydrogen) atoms. The maximum absolute atomic E-state index is 8.43. The summed E-state index contributed by atoms with van der Waals surface area (Å²) in [5.41, 5.74) is 2.32. The Kier molecular flexibility index (Phi) is 5.43. The Morgan fingerprint density at radius 1 is 1.05 bits per heavy atom. The first-order valence-corrected chi connectivity index (χ1v) is 6.69. The molecule has 4 heteroatoms. The summed E-state index contributed by atoms with van der Waals surface area (Å²) in [6.45, 7) is 1.62. The van der Waals surface area contributed by atoms with E-state index >= 15 is 0 Å². The smallest absolute Gasteiger partial charge is 0.174 e. The predicted octanol–water partition coefficient (Wildman–Crippen LogP) is 3.53. The van der Waals surface area contributed by atoms with Crippen molar-refractivity contribution in [2.24, 2.45) is 0 Å². The lowest BCUT2D eigenvalue weighted by Crippen LogP contribution is -2.12. The number of nitrogens with one attached hydrogen (secondary N) is 1. The Labute approximate surface area is 123 Å². The van der Waals surface area contributed by atoms with Crippen LogP contribution >= 0.6 is 11.6 Å². The highest BCUT2D eigenvalue weighted by Gasteiger charge is 1.97. The van der Waals surface area contributed by atoms with Crippen LogP contribution in [0.2, 0.25) is 5.02 Å². The molecule has 0 amide bonds. The summed E-state index contributed by atoms with van der Waals surface area (Å²) < 4.78 is 5.20. The number of nitrogens with zero attached hydrogens (tertiary/aromatic N) is 1. The monoisotopic (exact) mass is 286 g/mol. The van der Waals surface area contributed by atoms with Gasteiger partial charge in [-0.05, 0) is 35.4 Å². The maximum Gasteiger partial charge on any atom is 0.174 e. The highest BCUT2D eigenvalue weighted by Crippen LogP contribution is 2.13. The Balaban J connectivity index is 1.81. The van der Waals surface area contributed by atoms with Gasteiger partial charge in [-0.3, -0.25) is 0 Å². The lowest BCUT2D eigenvalue weighted by Gasteiger charge is -2.07. The second kappa shape index (κ2) is 7.54. The van der Waals surface area contributed by atoms with Crippen LogP contribution in [0.25, 0.3) is 0 Å². The summed E-state index contributed by atoms with van der Waals surface area (Å²) in [7, 11) is 0. The minimum atomic E-state index is 0.0758. The van der Waals surface area contributed by atoms with Crippen LogP contribution in [0.5, 0.6) is 5.75 Å². The molecule has 0 heterocycles. The molecule has 2 aromatic rings. The van der Waals surface area contributed by atoms with Crippen molar-refractivity contribution in [3.8, 4) is 11.8 Å². The molecular formula is C16H15ClN2O. The van der Waals surface area contributed by atoms with Crippen LogP contribution in [-0.2, 0) is 13.1 Å². The molecule has 0 aromatic heterocycles. The molecule has 0 saturated carbocycles. The minimum absolute atomic E-state index is 0.0758. The van der Waals surface area contributed by atoms with Gasteiger partial charge in [-0.2, -0.15) is 5.26 Å². The molecule has 0 radical (unpaired) electrons. The van der Waals surface area contributed by atoms with Crippen molar-refractivity contribution in [3.63, 3.8) is 0 Å². The van der Waals surface area contributed by atoms with E-state index < -0.39 is 0 Å². The number of nitriles is 1. The van der Waals surface area contributed by atoms with E-state index in [2.05, 4.69) is 5.32 Å². The number of rotatable bonds is 6. The fourth-order valence-corrected chi connectivity index (χ4v) is 2.03. The second-order valence-electron chi connectivity index (χ2n) is 4.32.